The average molecular weight is 323 g/mol. The Morgan fingerprint density at radius 1 is 1.12 bits per heavy atom. The number of rotatable bonds is 4. The Morgan fingerprint density at radius 2 is 1.79 bits per heavy atom. The van der Waals surface area contributed by atoms with Crippen molar-refractivity contribution >= 4 is 16.9 Å². The number of hydrogen-bond acceptors (Lipinski definition) is 4. The molecular weight excluding hydrogens is 306 g/mol. The largest absolute Gasteiger partial charge is 0.451 e. The molecule has 2 N–H and O–H groups in total. The molecule has 2 aromatic carbocycles. The molecule has 5 heteroatoms. The van der Waals surface area contributed by atoms with Crippen molar-refractivity contribution in [1.82, 2.24) is 5.32 Å². The molecule has 0 saturated carbocycles. The lowest BCUT2D eigenvalue weighted by Gasteiger charge is -2.24. The molecule has 122 valence electrons. The van der Waals surface area contributed by atoms with Crippen LogP contribution in [-0.4, -0.2) is 17.6 Å². The summed E-state index contributed by atoms with van der Waals surface area (Å²) >= 11 is 0. The van der Waals surface area contributed by atoms with Crippen LogP contribution in [0.15, 0.2) is 69.9 Å². The van der Waals surface area contributed by atoms with E-state index in [2.05, 4.69) is 5.32 Å². The van der Waals surface area contributed by atoms with Gasteiger partial charge in [0.15, 0.2) is 11.2 Å². The molecule has 24 heavy (non-hydrogen) atoms. The zero-order chi connectivity index (χ0) is 17.2. The third-order valence-electron chi connectivity index (χ3n) is 3.85. The second-order valence-electron chi connectivity index (χ2n) is 5.79. The highest BCUT2D eigenvalue weighted by Gasteiger charge is 2.24. The molecule has 3 aromatic rings. The van der Waals surface area contributed by atoms with Crippen LogP contribution in [0.25, 0.3) is 11.0 Å². The Morgan fingerprint density at radius 3 is 2.54 bits per heavy atom. The van der Waals surface area contributed by atoms with E-state index in [-0.39, 0.29) is 17.7 Å². The first-order valence-corrected chi connectivity index (χ1v) is 7.56. The Bertz CT molecular complexity index is 929. The molecule has 1 atom stereocenters. The lowest BCUT2D eigenvalue weighted by Crippen LogP contribution is -2.38. The number of nitrogens with one attached hydrogen (secondary N) is 1. The van der Waals surface area contributed by atoms with Crippen molar-refractivity contribution in [2.45, 2.75) is 12.5 Å². The van der Waals surface area contributed by atoms with Gasteiger partial charge in [0.1, 0.15) is 11.2 Å². The van der Waals surface area contributed by atoms with Gasteiger partial charge >= 0.3 is 0 Å². The van der Waals surface area contributed by atoms with Gasteiger partial charge in [-0.1, -0.05) is 42.5 Å². The predicted octanol–water partition coefficient (Wildman–Crippen LogP) is 2.43. The van der Waals surface area contributed by atoms with Crippen LogP contribution >= 0.6 is 0 Å². The monoisotopic (exact) mass is 323 g/mol. The van der Waals surface area contributed by atoms with Crippen LogP contribution in [0, 0.1) is 0 Å². The molecule has 0 aliphatic heterocycles. The van der Waals surface area contributed by atoms with Crippen molar-refractivity contribution in [2.24, 2.45) is 0 Å². The average Bonchev–Trinajstić information content (AvgIpc) is 2.60. The van der Waals surface area contributed by atoms with Crippen LogP contribution < -0.4 is 10.7 Å². The Balaban J connectivity index is 1.79. The highest BCUT2D eigenvalue weighted by Crippen LogP contribution is 2.19. The minimum Gasteiger partial charge on any atom is -0.451 e. The first-order valence-electron chi connectivity index (χ1n) is 7.56. The van der Waals surface area contributed by atoms with E-state index in [9.17, 15) is 14.7 Å². The molecule has 3 rings (SSSR count). The first-order chi connectivity index (χ1) is 11.5. The smallest absolute Gasteiger partial charge is 0.287 e. The number of carbonyl (C=O) groups excluding carboxylic acids is 1. The summed E-state index contributed by atoms with van der Waals surface area (Å²) in [6.07, 6.45) is 0. The molecule has 0 aliphatic carbocycles. The summed E-state index contributed by atoms with van der Waals surface area (Å²) < 4.78 is 5.48. The van der Waals surface area contributed by atoms with Crippen molar-refractivity contribution in [3.63, 3.8) is 0 Å². The maximum Gasteiger partial charge on any atom is 0.287 e. The maximum atomic E-state index is 12.3. The molecule has 0 radical (unpaired) electrons. The molecule has 0 spiro atoms. The van der Waals surface area contributed by atoms with Crippen LogP contribution in [0.5, 0.6) is 0 Å². The van der Waals surface area contributed by atoms with Gasteiger partial charge in [-0.05, 0) is 24.6 Å². The van der Waals surface area contributed by atoms with E-state index in [0.717, 1.165) is 6.07 Å². The molecule has 1 heterocycles. The van der Waals surface area contributed by atoms with E-state index in [4.69, 9.17) is 4.42 Å². The van der Waals surface area contributed by atoms with Crippen molar-refractivity contribution in [3.05, 3.63) is 82.2 Å². The maximum absolute atomic E-state index is 12.3. The van der Waals surface area contributed by atoms with E-state index in [1.807, 2.05) is 18.2 Å². The van der Waals surface area contributed by atoms with Crippen molar-refractivity contribution in [2.75, 3.05) is 6.54 Å². The van der Waals surface area contributed by atoms with Crippen LogP contribution in [0.3, 0.4) is 0 Å². The standard InChI is InChI=1S/C19H17NO4/c1-19(23,13-7-3-2-4-8-13)12-20-18(22)17-11-15(21)14-9-5-6-10-16(14)24-17/h2-11,23H,12H2,1H3,(H,20,22). The Kier molecular flexibility index (Phi) is 4.18. The van der Waals surface area contributed by atoms with Crippen molar-refractivity contribution in [1.29, 1.82) is 0 Å². The lowest BCUT2D eigenvalue weighted by molar-refractivity contribution is 0.0519. The second-order valence-corrected chi connectivity index (χ2v) is 5.79. The Labute approximate surface area is 138 Å². The minimum absolute atomic E-state index is 0.00756. The number of para-hydroxylation sites is 1. The van der Waals surface area contributed by atoms with E-state index < -0.39 is 11.5 Å². The van der Waals surface area contributed by atoms with Gasteiger partial charge in [0.05, 0.1) is 11.9 Å². The molecule has 0 aliphatic rings. The molecule has 1 unspecified atom stereocenters. The van der Waals surface area contributed by atoms with E-state index in [0.29, 0.717) is 16.5 Å². The number of hydrogen-bond donors (Lipinski definition) is 2. The van der Waals surface area contributed by atoms with Gasteiger partial charge in [-0.15, -0.1) is 0 Å². The van der Waals surface area contributed by atoms with Crippen LogP contribution in [-0.2, 0) is 5.60 Å². The van der Waals surface area contributed by atoms with E-state index >= 15 is 0 Å². The SMILES string of the molecule is CC(O)(CNC(=O)c1cc(=O)c2ccccc2o1)c1ccccc1. The van der Waals surface area contributed by atoms with Gasteiger partial charge in [0, 0.05) is 6.07 Å². The van der Waals surface area contributed by atoms with E-state index in [1.54, 1.807) is 43.3 Å². The summed E-state index contributed by atoms with van der Waals surface area (Å²) in [6, 6.07) is 16.9. The Hall–Kier alpha value is -2.92. The number of fused-ring (bicyclic) bond motifs is 1. The van der Waals surface area contributed by atoms with E-state index in [1.165, 1.54) is 0 Å². The number of amides is 1. The fourth-order valence-corrected chi connectivity index (χ4v) is 2.45. The molecular formula is C19H17NO4. The number of carbonyl (C=O) groups is 1. The van der Waals surface area contributed by atoms with Crippen molar-refractivity contribution < 1.29 is 14.3 Å². The fourth-order valence-electron chi connectivity index (χ4n) is 2.45. The van der Waals surface area contributed by atoms with Crippen LogP contribution in [0.4, 0.5) is 0 Å². The first kappa shape index (κ1) is 16.0. The molecule has 5 nitrogen and oxygen atoms in total. The third-order valence-corrected chi connectivity index (χ3v) is 3.85. The quantitative estimate of drug-likeness (QED) is 0.773. The molecule has 1 amide bonds. The van der Waals surface area contributed by atoms with Gasteiger partial charge in [0.25, 0.3) is 5.91 Å². The molecule has 0 saturated heterocycles. The highest BCUT2D eigenvalue weighted by molar-refractivity contribution is 5.93. The highest BCUT2D eigenvalue weighted by atomic mass is 16.3. The van der Waals surface area contributed by atoms with Gasteiger partial charge in [0.2, 0.25) is 0 Å². The number of benzene rings is 2. The van der Waals surface area contributed by atoms with Gasteiger partial charge in [-0.25, -0.2) is 0 Å². The van der Waals surface area contributed by atoms with Crippen LogP contribution in [0.1, 0.15) is 23.0 Å². The zero-order valence-corrected chi connectivity index (χ0v) is 13.2. The fraction of sp³-hybridized carbons (Fsp3) is 0.158. The summed E-state index contributed by atoms with van der Waals surface area (Å²) in [5.41, 5.74) is -0.472. The lowest BCUT2D eigenvalue weighted by atomic mass is 9.96. The third kappa shape index (κ3) is 3.21. The summed E-state index contributed by atoms with van der Waals surface area (Å²) in [6.45, 7) is 1.60. The van der Waals surface area contributed by atoms with Gasteiger partial charge in [-0.3, -0.25) is 9.59 Å². The number of aliphatic hydroxyl groups is 1. The van der Waals surface area contributed by atoms with Gasteiger partial charge in [-0.2, -0.15) is 0 Å². The summed E-state index contributed by atoms with van der Waals surface area (Å²) in [7, 11) is 0. The molecule has 1 aromatic heterocycles. The predicted molar refractivity (Wildman–Crippen MR) is 90.8 cm³/mol. The molecule has 0 fully saturated rings. The van der Waals surface area contributed by atoms with Crippen LogP contribution in [0.2, 0.25) is 0 Å². The normalized spacial score (nSPS) is 13.4. The summed E-state index contributed by atoms with van der Waals surface area (Å²) in [5, 5.41) is 13.5. The minimum atomic E-state index is -1.23. The summed E-state index contributed by atoms with van der Waals surface area (Å²) in [5.74, 6) is -0.628. The second kappa shape index (κ2) is 6.29. The zero-order valence-electron chi connectivity index (χ0n) is 13.2. The van der Waals surface area contributed by atoms with Crippen molar-refractivity contribution in [3.8, 4) is 0 Å². The van der Waals surface area contributed by atoms with Gasteiger partial charge < -0.3 is 14.8 Å². The summed E-state index contributed by atoms with van der Waals surface area (Å²) in [4.78, 5) is 24.3. The molecule has 0 bridgehead atoms. The topological polar surface area (TPSA) is 79.5 Å².